The van der Waals surface area contributed by atoms with Crippen LogP contribution < -0.4 is 5.32 Å². The van der Waals surface area contributed by atoms with E-state index in [2.05, 4.69) is 29.4 Å². The van der Waals surface area contributed by atoms with E-state index in [1.165, 1.54) is 5.56 Å². The van der Waals surface area contributed by atoms with Crippen LogP contribution in [0, 0.1) is 6.92 Å². The first-order chi connectivity index (χ1) is 7.28. The van der Waals surface area contributed by atoms with Crippen LogP contribution in [-0.4, -0.2) is 4.98 Å². The highest BCUT2D eigenvalue weighted by atomic mass is 35.5. The zero-order valence-corrected chi connectivity index (χ0v) is 9.90. The largest absolute Gasteiger partial charge is 0.332 e. The van der Waals surface area contributed by atoms with E-state index >= 15 is 0 Å². The van der Waals surface area contributed by atoms with E-state index in [-0.39, 0.29) is 0 Å². The smallest absolute Gasteiger partial charge is 0.187 e. The van der Waals surface area contributed by atoms with Gasteiger partial charge in [-0.25, -0.2) is 4.98 Å². The molecule has 2 nitrogen and oxygen atoms in total. The van der Waals surface area contributed by atoms with Crippen LogP contribution in [0.15, 0.2) is 29.6 Å². The Bertz CT molecular complexity index is 436. The van der Waals surface area contributed by atoms with E-state index in [4.69, 9.17) is 11.6 Å². The molecule has 15 heavy (non-hydrogen) atoms. The molecule has 0 unspecified atom stereocenters. The molecule has 0 saturated heterocycles. The SMILES string of the molecule is Cc1ccc(Nc2nc(CCl)cs2)cc1. The first-order valence-corrected chi connectivity index (χ1v) is 6.03. The summed E-state index contributed by atoms with van der Waals surface area (Å²) in [6.45, 7) is 2.07. The molecular formula is C11H11ClN2S. The van der Waals surface area contributed by atoms with Gasteiger partial charge in [-0.05, 0) is 19.1 Å². The number of aryl methyl sites for hydroxylation is 1. The van der Waals surface area contributed by atoms with Gasteiger partial charge in [0.05, 0.1) is 11.6 Å². The Balaban J connectivity index is 2.11. The topological polar surface area (TPSA) is 24.9 Å². The van der Waals surface area contributed by atoms with E-state index < -0.39 is 0 Å². The first-order valence-electron chi connectivity index (χ1n) is 4.62. The molecule has 0 atom stereocenters. The molecule has 1 aromatic carbocycles. The number of nitrogens with one attached hydrogen (secondary N) is 1. The summed E-state index contributed by atoms with van der Waals surface area (Å²) in [5, 5.41) is 6.08. The lowest BCUT2D eigenvalue weighted by Gasteiger charge is -2.01. The average molecular weight is 239 g/mol. The van der Waals surface area contributed by atoms with E-state index in [0.29, 0.717) is 5.88 Å². The molecule has 0 aliphatic heterocycles. The van der Waals surface area contributed by atoms with Crippen LogP contribution in [0.2, 0.25) is 0 Å². The molecule has 1 heterocycles. The Hall–Kier alpha value is -1.06. The Morgan fingerprint density at radius 2 is 2.07 bits per heavy atom. The standard InChI is InChI=1S/C11H11ClN2S/c1-8-2-4-9(5-3-8)13-11-14-10(6-12)7-15-11/h2-5,7H,6H2,1H3,(H,13,14). The number of rotatable bonds is 3. The predicted molar refractivity (Wildman–Crippen MR) is 66.1 cm³/mol. The second kappa shape index (κ2) is 4.64. The van der Waals surface area contributed by atoms with Crippen molar-refractivity contribution in [3.05, 3.63) is 40.9 Å². The summed E-state index contributed by atoms with van der Waals surface area (Å²) in [7, 11) is 0. The third kappa shape index (κ3) is 2.70. The van der Waals surface area contributed by atoms with Gasteiger partial charge in [0.2, 0.25) is 0 Å². The number of nitrogens with zero attached hydrogens (tertiary/aromatic N) is 1. The maximum absolute atomic E-state index is 5.68. The molecule has 0 bridgehead atoms. The van der Waals surface area contributed by atoms with Crippen LogP contribution in [0.4, 0.5) is 10.8 Å². The molecular weight excluding hydrogens is 228 g/mol. The number of anilines is 2. The number of aromatic nitrogens is 1. The number of benzene rings is 1. The number of halogens is 1. The Labute approximate surface area is 97.9 Å². The van der Waals surface area contributed by atoms with Crippen molar-refractivity contribution in [3.63, 3.8) is 0 Å². The van der Waals surface area contributed by atoms with Crippen LogP contribution in [0.3, 0.4) is 0 Å². The molecule has 4 heteroatoms. The van der Waals surface area contributed by atoms with Crippen LogP contribution in [0.5, 0.6) is 0 Å². The maximum Gasteiger partial charge on any atom is 0.187 e. The molecule has 0 radical (unpaired) electrons. The molecule has 78 valence electrons. The zero-order valence-electron chi connectivity index (χ0n) is 8.33. The third-order valence-electron chi connectivity index (χ3n) is 1.99. The summed E-state index contributed by atoms with van der Waals surface area (Å²) in [6, 6.07) is 8.21. The molecule has 0 fully saturated rings. The Morgan fingerprint density at radius 1 is 1.33 bits per heavy atom. The number of thiazole rings is 1. The lowest BCUT2D eigenvalue weighted by molar-refractivity contribution is 1.22. The highest BCUT2D eigenvalue weighted by molar-refractivity contribution is 7.13. The second-order valence-corrected chi connectivity index (χ2v) is 4.39. The highest BCUT2D eigenvalue weighted by Crippen LogP contribution is 2.21. The summed E-state index contributed by atoms with van der Waals surface area (Å²) < 4.78 is 0. The van der Waals surface area contributed by atoms with Gasteiger partial charge in [-0.2, -0.15) is 0 Å². The van der Waals surface area contributed by atoms with E-state index in [0.717, 1.165) is 16.5 Å². The van der Waals surface area contributed by atoms with Gasteiger partial charge >= 0.3 is 0 Å². The van der Waals surface area contributed by atoms with Crippen molar-refractivity contribution in [2.75, 3.05) is 5.32 Å². The zero-order chi connectivity index (χ0) is 10.7. The average Bonchev–Trinajstić information content (AvgIpc) is 2.69. The molecule has 0 saturated carbocycles. The van der Waals surface area contributed by atoms with Crippen molar-refractivity contribution >= 4 is 33.8 Å². The van der Waals surface area contributed by atoms with Crippen molar-refractivity contribution in [1.29, 1.82) is 0 Å². The van der Waals surface area contributed by atoms with Gasteiger partial charge in [0.1, 0.15) is 0 Å². The fraction of sp³-hybridized carbons (Fsp3) is 0.182. The molecule has 2 rings (SSSR count). The lowest BCUT2D eigenvalue weighted by atomic mass is 10.2. The van der Waals surface area contributed by atoms with Gasteiger partial charge in [-0.1, -0.05) is 17.7 Å². The number of hydrogen-bond donors (Lipinski definition) is 1. The van der Waals surface area contributed by atoms with Gasteiger partial charge < -0.3 is 5.32 Å². The molecule has 1 N–H and O–H groups in total. The van der Waals surface area contributed by atoms with E-state index in [1.807, 2.05) is 17.5 Å². The lowest BCUT2D eigenvalue weighted by Crippen LogP contribution is -1.89. The van der Waals surface area contributed by atoms with Crippen molar-refractivity contribution in [3.8, 4) is 0 Å². The highest BCUT2D eigenvalue weighted by Gasteiger charge is 2.00. The van der Waals surface area contributed by atoms with Gasteiger partial charge in [-0.3, -0.25) is 0 Å². The summed E-state index contributed by atoms with van der Waals surface area (Å²) in [5.41, 5.74) is 3.22. The third-order valence-corrected chi connectivity index (χ3v) is 3.07. The van der Waals surface area contributed by atoms with Gasteiger partial charge in [-0.15, -0.1) is 22.9 Å². The van der Waals surface area contributed by atoms with Gasteiger partial charge in [0, 0.05) is 11.1 Å². The van der Waals surface area contributed by atoms with Crippen molar-refractivity contribution in [2.24, 2.45) is 0 Å². The molecule has 0 spiro atoms. The van der Waals surface area contributed by atoms with Crippen molar-refractivity contribution < 1.29 is 0 Å². The van der Waals surface area contributed by atoms with Crippen LogP contribution in [0.1, 0.15) is 11.3 Å². The normalized spacial score (nSPS) is 10.3. The fourth-order valence-corrected chi connectivity index (χ4v) is 2.14. The Morgan fingerprint density at radius 3 is 2.67 bits per heavy atom. The predicted octanol–water partition coefficient (Wildman–Crippen LogP) is 3.93. The second-order valence-electron chi connectivity index (χ2n) is 3.27. The molecule has 0 aliphatic carbocycles. The van der Waals surface area contributed by atoms with E-state index in [9.17, 15) is 0 Å². The summed E-state index contributed by atoms with van der Waals surface area (Å²) in [4.78, 5) is 4.32. The summed E-state index contributed by atoms with van der Waals surface area (Å²) in [5.74, 6) is 0.464. The quantitative estimate of drug-likeness (QED) is 0.820. The van der Waals surface area contributed by atoms with Gasteiger partial charge in [0.15, 0.2) is 5.13 Å². The van der Waals surface area contributed by atoms with Gasteiger partial charge in [0.25, 0.3) is 0 Å². The molecule has 1 aromatic heterocycles. The minimum atomic E-state index is 0.464. The van der Waals surface area contributed by atoms with Crippen LogP contribution in [0.25, 0.3) is 0 Å². The van der Waals surface area contributed by atoms with Crippen molar-refractivity contribution in [1.82, 2.24) is 4.98 Å². The Kier molecular flexibility index (Phi) is 3.23. The minimum absolute atomic E-state index is 0.464. The number of hydrogen-bond acceptors (Lipinski definition) is 3. The minimum Gasteiger partial charge on any atom is -0.332 e. The molecule has 2 aromatic rings. The van der Waals surface area contributed by atoms with E-state index in [1.54, 1.807) is 11.3 Å². The monoisotopic (exact) mass is 238 g/mol. The van der Waals surface area contributed by atoms with Crippen LogP contribution >= 0.6 is 22.9 Å². The van der Waals surface area contributed by atoms with Crippen molar-refractivity contribution in [2.45, 2.75) is 12.8 Å². The van der Waals surface area contributed by atoms with Crippen LogP contribution in [-0.2, 0) is 5.88 Å². The molecule has 0 aliphatic rings. The maximum atomic E-state index is 5.68. The summed E-state index contributed by atoms with van der Waals surface area (Å²) >= 11 is 7.25. The number of alkyl halides is 1. The molecule has 0 amide bonds. The fourth-order valence-electron chi connectivity index (χ4n) is 1.19. The first kappa shape index (κ1) is 10.5. The summed E-state index contributed by atoms with van der Waals surface area (Å²) in [6.07, 6.45) is 0.